The molecule has 4 aliphatic rings. The molecule has 0 spiro atoms. The summed E-state index contributed by atoms with van der Waals surface area (Å²) in [6, 6.07) is 0. The summed E-state index contributed by atoms with van der Waals surface area (Å²) in [6.45, 7) is 12.1. The van der Waals surface area contributed by atoms with Crippen molar-refractivity contribution < 1.29 is 14.9 Å². The van der Waals surface area contributed by atoms with Gasteiger partial charge in [-0.1, -0.05) is 13.8 Å². The minimum Gasteiger partial charge on any atom is -0.390 e. The fraction of sp³-hybridized carbons (Fsp3) is 1.00. The maximum absolute atomic E-state index is 10.7. The zero-order chi connectivity index (χ0) is 20.4. The summed E-state index contributed by atoms with van der Waals surface area (Å²) in [5.41, 5.74) is -0.297. The number of ether oxygens (including phenoxy) is 1. The minimum absolute atomic E-state index is 0.421. The van der Waals surface area contributed by atoms with Crippen molar-refractivity contribution in [2.75, 3.05) is 13.2 Å². The zero-order valence-electron chi connectivity index (χ0n) is 19.0. The Bertz CT molecular complexity index is 579. The summed E-state index contributed by atoms with van der Waals surface area (Å²) in [5, 5.41) is 20.6. The number of fused-ring (bicyclic) bond motifs is 5. The van der Waals surface area contributed by atoms with Crippen LogP contribution in [0.25, 0.3) is 0 Å². The highest BCUT2D eigenvalue weighted by molar-refractivity contribution is 5.10. The van der Waals surface area contributed by atoms with Crippen molar-refractivity contribution in [2.24, 2.45) is 40.4 Å². The van der Waals surface area contributed by atoms with Gasteiger partial charge in [0.05, 0.1) is 24.4 Å². The molecule has 4 aliphatic carbocycles. The van der Waals surface area contributed by atoms with Crippen LogP contribution in [-0.2, 0) is 4.74 Å². The monoisotopic (exact) mass is 392 g/mol. The van der Waals surface area contributed by atoms with Gasteiger partial charge in [0.15, 0.2) is 0 Å². The first-order valence-electron chi connectivity index (χ1n) is 12.0. The lowest BCUT2D eigenvalue weighted by Crippen LogP contribution is -2.55. The van der Waals surface area contributed by atoms with Crippen LogP contribution in [-0.4, -0.2) is 34.6 Å². The molecule has 0 saturated heterocycles. The lowest BCUT2D eigenvalue weighted by Gasteiger charge is -2.62. The van der Waals surface area contributed by atoms with Gasteiger partial charge in [0.1, 0.15) is 0 Å². The summed E-state index contributed by atoms with van der Waals surface area (Å²) < 4.78 is 5.98. The van der Waals surface area contributed by atoms with Gasteiger partial charge in [0.2, 0.25) is 0 Å². The van der Waals surface area contributed by atoms with Crippen LogP contribution in [0.1, 0.15) is 92.4 Å². The second-order valence-electron chi connectivity index (χ2n) is 12.5. The third kappa shape index (κ3) is 3.58. The molecule has 0 amide bonds. The summed E-state index contributed by atoms with van der Waals surface area (Å²) in [5.74, 6) is 3.95. The van der Waals surface area contributed by atoms with E-state index in [1.807, 2.05) is 13.8 Å². The Morgan fingerprint density at radius 2 is 1.61 bits per heavy atom. The molecule has 4 fully saturated rings. The Kier molecular flexibility index (Phi) is 5.25. The van der Waals surface area contributed by atoms with Gasteiger partial charge in [-0.05, 0) is 119 Å². The SMILES string of the molecule is CC(C)(O)COCC1CCC2C3CCC4CC(C)(O)CCC4(C)C3CCC12C. The van der Waals surface area contributed by atoms with Gasteiger partial charge in [0.25, 0.3) is 0 Å². The highest BCUT2D eigenvalue weighted by Gasteiger charge is 2.60. The summed E-state index contributed by atoms with van der Waals surface area (Å²) in [6.07, 6.45) is 11.3. The van der Waals surface area contributed by atoms with Crippen LogP contribution in [0.4, 0.5) is 0 Å². The summed E-state index contributed by atoms with van der Waals surface area (Å²) in [4.78, 5) is 0. The van der Waals surface area contributed by atoms with Gasteiger partial charge in [-0.15, -0.1) is 0 Å². The molecule has 0 aromatic rings. The first-order valence-corrected chi connectivity index (χ1v) is 12.0. The predicted molar refractivity (Wildman–Crippen MR) is 113 cm³/mol. The van der Waals surface area contributed by atoms with Crippen LogP contribution in [0, 0.1) is 40.4 Å². The average molecular weight is 393 g/mol. The van der Waals surface area contributed by atoms with Crippen molar-refractivity contribution in [3.8, 4) is 0 Å². The van der Waals surface area contributed by atoms with Gasteiger partial charge in [-0.2, -0.15) is 0 Å². The normalized spacial score (nSPS) is 51.3. The van der Waals surface area contributed by atoms with Crippen molar-refractivity contribution in [3.05, 3.63) is 0 Å². The third-order valence-electron chi connectivity index (χ3n) is 9.92. The number of aliphatic hydroxyl groups is 2. The third-order valence-corrected chi connectivity index (χ3v) is 9.92. The fourth-order valence-corrected chi connectivity index (χ4v) is 8.26. The molecule has 3 nitrogen and oxygen atoms in total. The highest BCUT2D eigenvalue weighted by atomic mass is 16.5. The van der Waals surface area contributed by atoms with E-state index in [-0.39, 0.29) is 0 Å². The number of rotatable bonds is 4. The van der Waals surface area contributed by atoms with Crippen LogP contribution in [0.3, 0.4) is 0 Å². The second-order valence-corrected chi connectivity index (χ2v) is 12.5. The maximum atomic E-state index is 10.7. The van der Waals surface area contributed by atoms with E-state index in [1.54, 1.807) is 0 Å². The number of hydrogen-bond acceptors (Lipinski definition) is 3. The van der Waals surface area contributed by atoms with Crippen molar-refractivity contribution >= 4 is 0 Å². The lowest BCUT2D eigenvalue weighted by molar-refractivity contribution is -0.149. The fourth-order valence-electron chi connectivity index (χ4n) is 8.26. The van der Waals surface area contributed by atoms with Gasteiger partial charge in [-0.3, -0.25) is 0 Å². The number of hydrogen-bond donors (Lipinski definition) is 2. The zero-order valence-corrected chi connectivity index (χ0v) is 19.0. The molecular weight excluding hydrogens is 348 g/mol. The lowest BCUT2D eigenvalue weighted by atomic mass is 9.44. The Hall–Kier alpha value is -0.120. The van der Waals surface area contributed by atoms with E-state index in [1.165, 1.54) is 44.9 Å². The van der Waals surface area contributed by atoms with Gasteiger partial charge >= 0.3 is 0 Å². The first kappa shape index (κ1) is 21.1. The van der Waals surface area contributed by atoms with E-state index in [4.69, 9.17) is 4.74 Å². The van der Waals surface area contributed by atoms with Crippen molar-refractivity contribution in [2.45, 2.75) is 104 Å². The molecule has 0 radical (unpaired) electrons. The second kappa shape index (κ2) is 6.95. The van der Waals surface area contributed by atoms with E-state index in [0.717, 1.165) is 37.2 Å². The van der Waals surface area contributed by atoms with Crippen LogP contribution >= 0.6 is 0 Å². The predicted octanol–water partition coefficient (Wildman–Crippen LogP) is 5.18. The molecule has 0 aromatic carbocycles. The molecule has 4 saturated carbocycles. The smallest absolute Gasteiger partial charge is 0.0824 e. The Morgan fingerprint density at radius 1 is 0.893 bits per heavy atom. The molecule has 162 valence electrons. The topological polar surface area (TPSA) is 49.7 Å². The van der Waals surface area contributed by atoms with Crippen molar-refractivity contribution in [3.63, 3.8) is 0 Å². The van der Waals surface area contributed by atoms with Crippen LogP contribution in [0.15, 0.2) is 0 Å². The molecule has 0 heterocycles. The van der Waals surface area contributed by atoms with Gasteiger partial charge < -0.3 is 14.9 Å². The van der Waals surface area contributed by atoms with Crippen LogP contribution in [0.5, 0.6) is 0 Å². The molecular formula is C25H44O3. The molecule has 2 N–H and O–H groups in total. The Labute approximate surface area is 172 Å². The van der Waals surface area contributed by atoms with Crippen molar-refractivity contribution in [1.29, 1.82) is 0 Å². The van der Waals surface area contributed by atoms with Crippen molar-refractivity contribution in [1.82, 2.24) is 0 Å². The molecule has 0 aliphatic heterocycles. The van der Waals surface area contributed by atoms with E-state index >= 15 is 0 Å². The Balaban J connectivity index is 1.46. The molecule has 8 unspecified atom stereocenters. The minimum atomic E-state index is -0.730. The van der Waals surface area contributed by atoms with Gasteiger partial charge in [-0.25, -0.2) is 0 Å². The van der Waals surface area contributed by atoms with Crippen LogP contribution in [0.2, 0.25) is 0 Å². The standard InChI is InChI=1S/C25H44O3/c1-22(2,26)16-28-15-18-7-9-20-19-8-6-17-14-23(3,27)12-13-25(17,5)21(19)10-11-24(18,20)4/h17-21,26-27H,6-16H2,1-5H3. The first-order chi connectivity index (χ1) is 12.9. The van der Waals surface area contributed by atoms with E-state index in [2.05, 4.69) is 20.8 Å². The maximum Gasteiger partial charge on any atom is 0.0824 e. The largest absolute Gasteiger partial charge is 0.390 e. The van der Waals surface area contributed by atoms with Crippen LogP contribution < -0.4 is 0 Å². The molecule has 0 bridgehead atoms. The summed E-state index contributed by atoms with van der Waals surface area (Å²) in [7, 11) is 0. The molecule has 0 aromatic heterocycles. The van der Waals surface area contributed by atoms with E-state index < -0.39 is 11.2 Å². The Morgan fingerprint density at radius 3 is 2.32 bits per heavy atom. The van der Waals surface area contributed by atoms with Gasteiger partial charge in [0, 0.05) is 0 Å². The summed E-state index contributed by atoms with van der Waals surface area (Å²) >= 11 is 0. The molecule has 8 atom stereocenters. The highest BCUT2D eigenvalue weighted by Crippen LogP contribution is 2.67. The molecule has 28 heavy (non-hydrogen) atoms. The van der Waals surface area contributed by atoms with E-state index in [0.29, 0.717) is 29.3 Å². The van der Waals surface area contributed by atoms with E-state index in [9.17, 15) is 10.2 Å². The quantitative estimate of drug-likeness (QED) is 0.693. The average Bonchev–Trinajstić information content (AvgIpc) is 2.91. The molecule has 4 rings (SSSR count). The molecule has 3 heteroatoms.